The molecule has 182 valence electrons. The van der Waals surface area contributed by atoms with E-state index < -0.39 is 0 Å². The fraction of sp³-hybridized carbons (Fsp3) is 0.615. The van der Waals surface area contributed by atoms with Crippen molar-refractivity contribution in [2.24, 2.45) is 0 Å². The highest BCUT2D eigenvalue weighted by atomic mass is 16.5. The number of allylic oxidation sites excluding steroid dienone is 1. The molecule has 0 aromatic heterocycles. The van der Waals surface area contributed by atoms with Crippen molar-refractivity contribution in [1.82, 2.24) is 0 Å². The number of hydrogen-bond donors (Lipinski definition) is 0. The summed E-state index contributed by atoms with van der Waals surface area (Å²) < 4.78 is 33.0. The summed E-state index contributed by atoms with van der Waals surface area (Å²) in [6.07, 6.45) is 3.83. The lowest BCUT2D eigenvalue weighted by molar-refractivity contribution is 0.0205. The average Bonchev–Trinajstić information content (AvgIpc) is 2.81. The smallest absolute Gasteiger partial charge is 0.111 e. The summed E-state index contributed by atoms with van der Waals surface area (Å²) in [6.45, 7) is 17.0. The van der Waals surface area contributed by atoms with E-state index in [4.69, 9.17) is 28.4 Å². The van der Waals surface area contributed by atoms with E-state index in [1.165, 1.54) is 0 Å². The van der Waals surface area contributed by atoms with Crippen molar-refractivity contribution in [2.75, 3.05) is 72.7 Å². The second kappa shape index (κ2) is 19.9. The third kappa shape index (κ3) is 14.4. The molecule has 6 heteroatoms. The Bertz CT molecular complexity index is 628. The molecule has 0 aliphatic heterocycles. The maximum atomic E-state index is 5.68. The van der Waals surface area contributed by atoms with Gasteiger partial charge in [-0.2, -0.15) is 0 Å². The highest BCUT2D eigenvalue weighted by Crippen LogP contribution is 2.20. The number of benzene rings is 1. The summed E-state index contributed by atoms with van der Waals surface area (Å²) in [4.78, 5) is 0. The number of hydrogen-bond acceptors (Lipinski definition) is 6. The molecule has 0 spiro atoms. The first-order valence-electron chi connectivity index (χ1n) is 11.6. The monoisotopic (exact) mass is 450 g/mol. The molecule has 0 fully saturated rings. The van der Waals surface area contributed by atoms with E-state index in [9.17, 15) is 0 Å². The van der Waals surface area contributed by atoms with Crippen molar-refractivity contribution in [3.8, 4) is 0 Å². The Labute approximate surface area is 194 Å². The van der Waals surface area contributed by atoms with Gasteiger partial charge in [-0.1, -0.05) is 38.6 Å². The van der Waals surface area contributed by atoms with Crippen molar-refractivity contribution in [2.45, 2.75) is 33.6 Å². The van der Waals surface area contributed by atoms with Crippen molar-refractivity contribution in [3.63, 3.8) is 0 Å². The van der Waals surface area contributed by atoms with Gasteiger partial charge in [0, 0.05) is 13.2 Å². The topological polar surface area (TPSA) is 55.4 Å². The maximum Gasteiger partial charge on any atom is 0.111 e. The molecule has 0 bridgehead atoms. The molecule has 6 nitrogen and oxygen atoms in total. The van der Waals surface area contributed by atoms with Crippen LogP contribution in [0.5, 0.6) is 0 Å². The Morgan fingerprint density at radius 3 is 1.81 bits per heavy atom. The van der Waals surface area contributed by atoms with E-state index in [1.807, 2.05) is 19.1 Å². The van der Waals surface area contributed by atoms with Gasteiger partial charge in [-0.15, -0.1) is 0 Å². The van der Waals surface area contributed by atoms with Crippen LogP contribution in [0, 0.1) is 0 Å². The lowest BCUT2D eigenvalue weighted by Crippen LogP contribution is -2.10. The van der Waals surface area contributed by atoms with E-state index in [-0.39, 0.29) is 0 Å². The molecule has 0 aliphatic rings. The van der Waals surface area contributed by atoms with Crippen LogP contribution in [-0.2, 0) is 28.4 Å². The average molecular weight is 451 g/mol. The highest BCUT2D eigenvalue weighted by Gasteiger charge is 2.03. The van der Waals surface area contributed by atoms with Gasteiger partial charge in [-0.3, -0.25) is 0 Å². The molecular formula is C26H42O6. The van der Waals surface area contributed by atoms with Gasteiger partial charge in [0.15, 0.2) is 0 Å². The van der Waals surface area contributed by atoms with Crippen LogP contribution in [0.3, 0.4) is 0 Å². The Balaban J connectivity index is 2.23. The SMILES string of the molecule is C=C(COCCOCCOCCC)c1cccc(/C(C)=C/OCCOCCOCCC)c1. The largest absolute Gasteiger partial charge is 0.498 e. The molecule has 0 aliphatic carbocycles. The zero-order valence-electron chi connectivity index (χ0n) is 20.2. The van der Waals surface area contributed by atoms with Crippen LogP contribution in [0.1, 0.15) is 44.7 Å². The summed E-state index contributed by atoms with van der Waals surface area (Å²) in [5.74, 6) is 0. The molecule has 0 amide bonds. The van der Waals surface area contributed by atoms with Gasteiger partial charge < -0.3 is 28.4 Å². The van der Waals surface area contributed by atoms with E-state index in [0.717, 1.165) is 48.3 Å². The zero-order chi connectivity index (χ0) is 23.3. The van der Waals surface area contributed by atoms with Gasteiger partial charge in [-0.05, 0) is 48.1 Å². The van der Waals surface area contributed by atoms with Crippen molar-refractivity contribution in [3.05, 3.63) is 48.2 Å². The van der Waals surface area contributed by atoms with Crippen LogP contribution in [-0.4, -0.2) is 72.7 Å². The van der Waals surface area contributed by atoms with Gasteiger partial charge in [0.2, 0.25) is 0 Å². The summed E-state index contributed by atoms with van der Waals surface area (Å²) in [5, 5.41) is 0. The van der Waals surface area contributed by atoms with Gasteiger partial charge in [0.05, 0.1) is 59.1 Å². The van der Waals surface area contributed by atoms with Gasteiger partial charge in [-0.25, -0.2) is 0 Å². The van der Waals surface area contributed by atoms with Crippen molar-refractivity contribution in [1.29, 1.82) is 0 Å². The van der Waals surface area contributed by atoms with Crippen LogP contribution in [0.2, 0.25) is 0 Å². The van der Waals surface area contributed by atoms with Crippen molar-refractivity contribution >= 4 is 11.1 Å². The van der Waals surface area contributed by atoms with Crippen LogP contribution in [0.4, 0.5) is 0 Å². The minimum atomic E-state index is 0.470. The lowest BCUT2D eigenvalue weighted by Gasteiger charge is -2.10. The van der Waals surface area contributed by atoms with Gasteiger partial charge >= 0.3 is 0 Å². The van der Waals surface area contributed by atoms with Crippen LogP contribution < -0.4 is 0 Å². The van der Waals surface area contributed by atoms with E-state index in [2.05, 4.69) is 32.6 Å². The second-order valence-corrected chi connectivity index (χ2v) is 7.36. The normalized spacial score (nSPS) is 11.7. The Morgan fingerprint density at radius 1 is 0.719 bits per heavy atom. The first-order chi connectivity index (χ1) is 15.7. The third-order valence-corrected chi connectivity index (χ3v) is 4.42. The van der Waals surface area contributed by atoms with E-state index in [1.54, 1.807) is 6.26 Å². The second-order valence-electron chi connectivity index (χ2n) is 7.36. The fourth-order valence-electron chi connectivity index (χ4n) is 2.67. The number of rotatable bonds is 21. The Hall–Kier alpha value is -1.70. The summed E-state index contributed by atoms with van der Waals surface area (Å²) in [6, 6.07) is 8.22. The summed E-state index contributed by atoms with van der Waals surface area (Å²) in [7, 11) is 0. The highest BCUT2D eigenvalue weighted by molar-refractivity contribution is 5.70. The Kier molecular flexibility index (Phi) is 17.7. The fourth-order valence-corrected chi connectivity index (χ4v) is 2.67. The predicted molar refractivity (Wildman–Crippen MR) is 130 cm³/mol. The molecule has 0 radical (unpaired) electrons. The number of ether oxygens (including phenoxy) is 6. The molecule has 0 N–H and O–H groups in total. The van der Waals surface area contributed by atoms with Gasteiger partial charge in [0.1, 0.15) is 6.61 Å². The summed E-state index contributed by atoms with van der Waals surface area (Å²) >= 11 is 0. The molecule has 0 unspecified atom stereocenters. The van der Waals surface area contributed by atoms with Crippen LogP contribution >= 0.6 is 0 Å². The van der Waals surface area contributed by atoms with Crippen LogP contribution in [0.25, 0.3) is 11.1 Å². The van der Waals surface area contributed by atoms with Crippen molar-refractivity contribution < 1.29 is 28.4 Å². The van der Waals surface area contributed by atoms with E-state index in [0.29, 0.717) is 59.5 Å². The summed E-state index contributed by atoms with van der Waals surface area (Å²) in [5.41, 5.74) is 4.13. The quantitative estimate of drug-likeness (QED) is 0.194. The zero-order valence-corrected chi connectivity index (χ0v) is 20.2. The first kappa shape index (κ1) is 28.3. The molecule has 0 atom stereocenters. The molecule has 1 aromatic rings. The van der Waals surface area contributed by atoms with Crippen LogP contribution in [0.15, 0.2) is 37.1 Å². The Morgan fingerprint density at radius 2 is 1.22 bits per heavy atom. The molecule has 32 heavy (non-hydrogen) atoms. The first-order valence-corrected chi connectivity index (χ1v) is 11.6. The minimum absolute atomic E-state index is 0.470. The van der Waals surface area contributed by atoms with Gasteiger partial charge in [0.25, 0.3) is 0 Å². The molecule has 1 aromatic carbocycles. The molecule has 0 saturated heterocycles. The predicted octanol–water partition coefficient (Wildman–Crippen LogP) is 4.98. The maximum absolute atomic E-state index is 5.68. The minimum Gasteiger partial charge on any atom is -0.498 e. The molecule has 0 saturated carbocycles. The van der Waals surface area contributed by atoms with E-state index >= 15 is 0 Å². The lowest BCUT2D eigenvalue weighted by atomic mass is 10.0. The molecular weight excluding hydrogens is 408 g/mol. The molecule has 1 rings (SSSR count). The molecule has 0 heterocycles. The third-order valence-electron chi connectivity index (χ3n) is 4.42. The standard InChI is InChI=1S/C26H42O6/c1-5-10-27-12-14-29-16-18-31-21-23(3)25-8-7-9-26(20-25)24(4)22-32-19-17-30-15-13-28-11-6-2/h7-9,20,22H,3,5-6,10-19,21H2,1-2,4H3/b24-22+.